The zero-order valence-corrected chi connectivity index (χ0v) is 15.2. The van der Waals surface area contributed by atoms with Crippen molar-refractivity contribution in [3.63, 3.8) is 0 Å². The van der Waals surface area contributed by atoms with Gasteiger partial charge >= 0.3 is 0 Å². The third kappa shape index (κ3) is 4.86. The van der Waals surface area contributed by atoms with Gasteiger partial charge in [-0.1, -0.05) is 23.7 Å². The molecule has 2 aromatic rings. The van der Waals surface area contributed by atoms with E-state index in [1.807, 2.05) is 24.3 Å². The van der Waals surface area contributed by atoms with E-state index in [4.69, 9.17) is 11.6 Å². The van der Waals surface area contributed by atoms with Crippen LogP contribution in [-0.2, 0) is 4.79 Å². The number of halogens is 1. The van der Waals surface area contributed by atoms with Crippen molar-refractivity contribution < 1.29 is 4.79 Å². The van der Waals surface area contributed by atoms with Crippen LogP contribution in [0.5, 0.6) is 0 Å². The fourth-order valence-electron chi connectivity index (χ4n) is 3.15. The highest BCUT2D eigenvalue weighted by atomic mass is 35.5. The molecule has 0 bridgehead atoms. The molecule has 0 radical (unpaired) electrons. The second kappa shape index (κ2) is 8.21. The van der Waals surface area contributed by atoms with Crippen LogP contribution < -0.4 is 10.2 Å². The van der Waals surface area contributed by atoms with Crippen LogP contribution in [0.15, 0.2) is 54.6 Å². The van der Waals surface area contributed by atoms with E-state index in [0.717, 1.165) is 17.8 Å². The Bertz CT molecular complexity index is 737. The normalized spacial score (nSPS) is 17.7. The summed E-state index contributed by atoms with van der Waals surface area (Å²) in [5, 5.41) is 3.58. The molecule has 2 aromatic carbocycles. The lowest BCUT2D eigenvalue weighted by molar-refractivity contribution is -0.111. The summed E-state index contributed by atoms with van der Waals surface area (Å²) in [5.41, 5.74) is 2.97. The van der Waals surface area contributed by atoms with Crippen LogP contribution in [0.4, 0.5) is 11.4 Å². The molecule has 1 unspecified atom stereocenters. The van der Waals surface area contributed by atoms with Crippen molar-refractivity contribution >= 4 is 35.0 Å². The minimum Gasteiger partial charge on any atom is -0.369 e. The van der Waals surface area contributed by atoms with Gasteiger partial charge in [0.25, 0.3) is 0 Å². The van der Waals surface area contributed by atoms with Gasteiger partial charge in [-0.2, -0.15) is 0 Å². The van der Waals surface area contributed by atoms with E-state index >= 15 is 0 Å². The van der Waals surface area contributed by atoms with Gasteiger partial charge in [-0.05, 0) is 74.2 Å². The molecule has 1 atom stereocenters. The van der Waals surface area contributed by atoms with E-state index in [-0.39, 0.29) is 5.91 Å². The van der Waals surface area contributed by atoms with Crippen molar-refractivity contribution in [3.8, 4) is 0 Å². The van der Waals surface area contributed by atoms with E-state index in [9.17, 15) is 4.79 Å². The van der Waals surface area contributed by atoms with Crippen LogP contribution >= 0.6 is 11.6 Å². The number of carbonyl (C=O) groups is 1. The molecule has 3 nitrogen and oxygen atoms in total. The van der Waals surface area contributed by atoms with Gasteiger partial charge < -0.3 is 10.2 Å². The fraction of sp³-hybridized carbons (Fsp3) is 0.286. The molecule has 0 spiro atoms. The minimum absolute atomic E-state index is 0.144. The van der Waals surface area contributed by atoms with Crippen molar-refractivity contribution in [3.05, 3.63) is 65.2 Å². The number of hydrogen-bond donors (Lipinski definition) is 1. The molecule has 1 fully saturated rings. The summed E-state index contributed by atoms with van der Waals surface area (Å²) in [7, 11) is 0. The molecular weight excluding hydrogens is 332 g/mol. The summed E-state index contributed by atoms with van der Waals surface area (Å²) in [6, 6.07) is 16.0. The molecule has 3 rings (SSSR count). The Morgan fingerprint density at radius 3 is 2.52 bits per heavy atom. The average Bonchev–Trinajstić information content (AvgIpc) is 2.62. The van der Waals surface area contributed by atoms with Crippen molar-refractivity contribution in [2.24, 2.45) is 0 Å². The van der Waals surface area contributed by atoms with Crippen molar-refractivity contribution in [1.29, 1.82) is 0 Å². The Morgan fingerprint density at radius 2 is 1.84 bits per heavy atom. The molecule has 1 amide bonds. The van der Waals surface area contributed by atoms with E-state index in [1.54, 1.807) is 18.2 Å². The van der Waals surface area contributed by atoms with Gasteiger partial charge in [0, 0.05) is 35.1 Å². The molecule has 1 saturated heterocycles. The molecular formula is C21H23ClN2O. The smallest absolute Gasteiger partial charge is 0.248 e. The summed E-state index contributed by atoms with van der Waals surface area (Å²) >= 11 is 5.85. The van der Waals surface area contributed by atoms with E-state index in [1.165, 1.54) is 31.0 Å². The van der Waals surface area contributed by atoms with Gasteiger partial charge in [0.1, 0.15) is 0 Å². The van der Waals surface area contributed by atoms with Crippen molar-refractivity contribution in [2.75, 3.05) is 16.8 Å². The first kappa shape index (κ1) is 17.6. The molecule has 1 aliphatic rings. The fourth-order valence-corrected chi connectivity index (χ4v) is 3.27. The highest BCUT2D eigenvalue weighted by Crippen LogP contribution is 2.25. The number of hydrogen-bond acceptors (Lipinski definition) is 2. The highest BCUT2D eigenvalue weighted by molar-refractivity contribution is 6.30. The number of carbonyl (C=O) groups excluding carboxylic acids is 1. The van der Waals surface area contributed by atoms with E-state index in [2.05, 4.69) is 29.3 Å². The Labute approximate surface area is 154 Å². The first-order valence-corrected chi connectivity index (χ1v) is 9.11. The van der Waals surface area contributed by atoms with Gasteiger partial charge in [0.05, 0.1) is 0 Å². The number of nitrogens with zero attached hydrogens (tertiary/aromatic N) is 1. The Kier molecular flexibility index (Phi) is 5.77. The van der Waals surface area contributed by atoms with Crippen LogP contribution in [-0.4, -0.2) is 18.5 Å². The lowest BCUT2D eigenvalue weighted by Crippen LogP contribution is -2.37. The minimum atomic E-state index is -0.144. The monoisotopic (exact) mass is 354 g/mol. The predicted octanol–water partition coefficient (Wildman–Crippen LogP) is 5.37. The third-order valence-electron chi connectivity index (χ3n) is 4.57. The Hall–Kier alpha value is -2.26. The van der Waals surface area contributed by atoms with Crippen molar-refractivity contribution in [2.45, 2.75) is 32.2 Å². The summed E-state index contributed by atoms with van der Waals surface area (Å²) in [5.74, 6) is -0.144. The van der Waals surface area contributed by atoms with E-state index < -0.39 is 0 Å². The lowest BCUT2D eigenvalue weighted by atomic mass is 10.0. The molecule has 130 valence electrons. The van der Waals surface area contributed by atoms with Gasteiger partial charge in [0.2, 0.25) is 5.91 Å². The number of amides is 1. The van der Waals surface area contributed by atoms with Gasteiger partial charge in [0.15, 0.2) is 0 Å². The number of piperidine rings is 1. The average molecular weight is 355 g/mol. The summed E-state index contributed by atoms with van der Waals surface area (Å²) in [6.07, 6.45) is 7.11. The quantitative estimate of drug-likeness (QED) is 0.748. The predicted molar refractivity (Wildman–Crippen MR) is 106 cm³/mol. The molecule has 1 aliphatic heterocycles. The maximum Gasteiger partial charge on any atom is 0.248 e. The van der Waals surface area contributed by atoms with Crippen LogP contribution in [0.1, 0.15) is 31.7 Å². The highest BCUT2D eigenvalue weighted by Gasteiger charge is 2.18. The zero-order valence-electron chi connectivity index (χ0n) is 14.4. The first-order valence-electron chi connectivity index (χ1n) is 8.73. The number of benzene rings is 2. The Morgan fingerprint density at radius 1 is 1.12 bits per heavy atom. The summed E-state index contributed by atoms with van der Waals surface area (Å²) in [4.78, 5) is 14.5. The lowest BCUT2D eigenvalue weighted by Gasteiger charge is -2.35. The number of nitrogens with one attached hydrogen (secondary N) is 1. The zero-order chi connectivity index (χ0) is 17.6. The molecule has 0 aromatic heterocycles. The van der Waals surface area contributed by atoms with Gasteiger partial charge in [-0.25, -0.2) is 0 Å². The standard InChI is InChI=1S/C21H23ClN2O/c1-16-4-2-3-15-24(16)20-12-10-19(11-13-20)23-21(25)14-7-17-5-8-18(22)9-6-17/h5-14,16H,2-4,15H2,1H3,(H,23,25)/b14-7+. The maximum absolute atomic E-state index is 12.1. The van der Waals surface area contributed by atoms with Crippen LogP contribution in [0.3, 0.4) is 0 Å². The number of anilines is 2. The molecule has 4 heteroatoms. The van der Waals surface area contributed by atoms with Gasteiger partial charge in [-0.15, -0.1) is 0 Å². The summed E-state index contributed by atoms with van der Waals surface area (Å²) < 4.78 is 0. The van der Waals surface area contributed by atoms with Crippen LogP contribution in [0, 0.1) is 0 Å². The Balaban J connectivity index is 1.59. The van der Waals surface area contributed by atoms with Crippen LogP contribution in [0.2, 0.25) is 5.02 Å². The van der Waals surface area contributed by atoms with Gasteiger partial charge in [-0.3, -0.25) is 4.79 Å². The third-order valence-corrected chi connectivity index (χ3v) is 4.82. The molecule has 0 saturated carbocycles. The SMILES string of the molecule is CC1CCCCN1c1ccc(NC(=O)/C=C/c2ccc(Cl)cc2)cc1. The number of rotatable bonds is 4. The second-order valence-corrected chi connectivity index (χ2v) is 6.90. The topological polar surface area (TPSA) is 32.3 Å². The summed E-state index contributed by atoms with van der Waals surface area (Å²) in [6.45, 7) is 3.38. The molecule has 1 N–H and O–H groups in total. The largest absolute Gasteiger partial charge is 0.369 e. The van der Waals surface area contributed by atoms with Crippen LogP contribution in [0.25, 0.3) is 6.08 Å². The van der Waals surface area contributed by atoms with Crippen molar-refractivity contribution in [1.82, 2.24) is 0 Å². The second-order valence-electron chi connectivity index (χ2n) is 6.46. The molecule has 25 heavy (non-hydrogen) atoms. The molecule has 0 aliphatic carbocycles. The first-order chi connectivity index (χ1) is 12.1. The molecule has 1 heterocycles. The maximum atomic E-state index is 12.1. The van der Waals surface area contributed by atoms with E-state index in [0.29, 0.717) is 11.1 Å².